The molecular weight excluding hydrogens is 744 g/mol. The molecule has 1 fully saturated rings. The summed E-state index contributed by atoms with van der Waals surface area (Å²) in [6.07, 6.45) is -3.39. The van der Waals surface area contributed by atoms with Crippen molar-refractivity contribution in [3.8, 4) is 18.1 Å². The van der Waals surface area contributed by atoms with Gasteiger partial charge in [0.15, 0.2) is 12.2 Å². The summed E-state index contributed by atoms with van der Waals surface area (Å²) in [7, 11) is 0. The third kappa shape index (κ3) is 13.2. The Balaban J connectivity index is 1.99. The van der Waals surface area contributed by atoms with Crippen LogP contribution in [0.15, 0.2) is 30.3 Å². The van der Waals surface area contributed by atoms with Crippen molar-refractivity contribution in [2.24, 2.45) is 0 Å². The number of rotatable bonds is 18. The number of carbonyl (C=O) groups excluding carboxylic acids is 6. The summed E-state index contributed by atoms with van der Waals surface area (Å²) < 4.78 is 44.1. The predicted molar refractivity (Wildman–Crippen MR) is 189 cm³/mol. The molecule has 1 aliphatic heterocycles. The van der Waals surface area contributed by atoms with E-state index in [1.807, 2.05) is 0 Å². The molecule has 0 radical (unpaired) electrons. The quantitative estimate of drug-likeness (QED) is 0.0604. The number of amides is 2. The zero-order valence-corrected chi connectivity index (χ0v) is 31.1. The fraction of sp³-hybridized carbons (Fsp3) is 0.459. The normalized spacial score (nSPS) is 18.7. The van der Waals surface area contributed by atoms with E-state index in [1.165, 1.54) is 30.3 Å². The first-order valence-corrected chi connectivity index (χ1v) is 17.0. The molecule has 0 aromatic heterocycles. The highest BCUT2D eigenvalue weighted by Gasteiger charge is 2.53. The van der Waals surface area contributed by atoms with E-state index in [-0.39, 0.29) is 60.1 Å². The van der Waals surface area contributed by atoms with Gasteiger partial charge in [-0.2, -0.15) is 0 Å². The van der Waals surface area contributed by atoms with Crippen LogP contribution in [0.5, 0.6) is 5.75 Å². The summed E-state index contributed by atoms with van der Waals surface area (Å²) in [6, 6.07) is 6.95. The number of nitrogens with one attached hydrogen (secondary N) is 2. The molecule has 5 atom stereocenters. The van der Waals surface area contributed by atoms with Gasteiger partial charge in [-0.1, -0.05) is 12.0 Å². The van der Waals surface area contributed by atoms with Crippen molar-refractivity contribution >= 4 is 41.6 Å². The minimum atomic E-state index is -1.67. The van der Waals surface area contributed by atoms with Gasteiger partial charge in [0.1, 0.15) is 31.7 Å². The summed E-state index contributed by atoms with van der Waals surface area (Å²) in [6.45, 7) is 1.99. The van der Waals surface area contributed by atoms with Crippen molar-refractivity contribution in [2.45, 2.75) is 84.8 Å². The van der Waals surface area contributed by atoms with Crippen molar-refractivity contribution in [2.75, 3.05) is 31.7 Å². The largest absolute Gasteiger partial charge is 0.463 e. The van der Waals surface area contributed by atoms with E-state index in [0.717, 1.165) is 27.7 Å². The first-order valence-electron chi connectivity index (χ1n) is 17.0. The minimum absolute atomic E-state index is 0.00239. The summed E-state index contributed by atoms with van der Waals surface area (Å²) in [5.41, 5.74) is 1.02. The van der Waals surface area contributed by atoms with E-state index >= 15 is 0 Å². The maximum Gasteiger partial charge on any atom is 0.411 e. The number of aliphatic hydroxyl groups is 3. The van der Waals surface area contributed by atoms with E-state index in [4.69, 9.17) is 44.3 Å². The molecule has 0 bridgehead atoms. The van der Waals surface area contributed by atoms with Crippen LogP contribution in [0.25, 0.3) is 0 Å². The van der Waals surface area contributed by atoms with E-state index in [2.05, 4.69) is 16.6 Å². The van der Waals surface area contributed by atoms with Crippen molar-refractivity contribution in [3.63, 3.8) is 0 Å². The Morgan fingerprint density at radius 2 is 1.41 bits per heavy atom. The molecule has 0 aliphatic carbocycles. The van der Waals surface area contributed by atoms with Gasteiger partial charge in [-0.25, -0.2) is 4.79 Å². The Kier molecular flexibility index (Phi) is 17.5. The van der Waals surface area contributed by atoms with Gasteiger partial charge < -0.3 is 58.5 Å². The third-order valence-electron chi connectivity index (χ3n) is 7.68. The van der Waals surface area contributed by atoms with Gasteiger partial charge in [0, 0.05) is 45.4 Å². The molecule has 1 unspecified atom stereocenters. The van der Waals surface area contributed by atoms with Gasteiger partial charge in [-0.3, -0.25) is 29.3 Å². The lowest BCUT2D eigenvalue weighted by Crippen LogP contribution is -2.63. The molecular formula is C37H44N2O17. The highest BCUT2D eigenvalue weighted by atomic mass is 16.7. The molecule has 0 spiro atoms. The molecule has 1 heterocycles. The molecule has 2 aromatic carbocycles. The van der Waals surface area contributed by atoms with Crippen molar-refractivity contribution < 1.29 is 82.0 Å². The fourth-order valence-corrected chi connectivity index (χ4v) is 5.45. The zero-order valence-electron chi connectivity index (χ0n) is 31.1. The number of aliphatic hydroxyl groups excluding tert-OH is 3. The Morgan fingerprint density at radius 1 is 0.786 bits per heavy atom. The van der Waals surface area contributed by atoms with Crippen LogP contribution < -0.4 is 15.4 Å². The molecule has 56 heavy (non-hydrogen) atoms. The van der Waals surface area contributed by atoms with Crippen LogP contribution in [-0.2, 0) is 78.8 Å². The van der Waals surface area contributed by atoms with Gasteiger partial charge in [-0.05, 0) is 35.4 Å². The summed E-state index contributed by atoms with van der Waals surface area (Å²) in [4.78, 5) is 74.8. The minimum Gasteiger partial charge on any atom is -0.463 e. The standard InChI is InChI=1S/C37H44N2O17/c1-6-10-49-11-9-38-35(47)28-14-24(18-51-37(48)39-31-26(16-41)12-25(15-40)13-27(31)17-42)7-8-29(28)55-36-34(54-23(5)46)33(53-22(4)45)32(52-21(3)44)30(56-36)19-50-20(2)43/h1,7-8,12-14,30,32-34,36,40-42H,9-11,15-19H2,2-5H3,(H,38,47)(H,39,48)/t30-,32+,33+,34-,36?/m1/s1. The molecule has 2 amide bonds. The average molecular weight is 789 g/mol. The molecule has 19 nitrogen and oxygen atoms in total. The number of esters is 4. The van der Waals surface area contributed by atoms with Gasteiger partial charge in [-0.15, -0.1) is 6.42 Å². The lowest BCUT2D eigenvalue weighted by molar-refractivity contribution is -0.288. The van der Waals surface area contributed by atoms with Crippen LogP contribution in [-0.4, -0.2) is 108 Å². The number of anilines is 1. The number of hydrogen-bond donors (Lipinski definition) is 5. The molecule has 1 saturated heterocycles. The van der Waals surface area contributed by atoms with Gasteiger partial charge in [0.25, 0.3) is 5.91 Å². The lowest BCUT2D eigenvalue weighted by atomic mass is 9.98. The van der Waals surface area contributed by atoms with E-state index in [0.29, 0.717) is 5.56 Å². The molecule has 19 heteroatoms. The number of ether oxygens (including phenoxy) is 8. The average Bonchev–Trinajstić information content (AvgIpc) is 3.15. The number of benzene rings is 2. The van der Waals surface area contributed by atoms with E-state index < -0.39 is 93.0 Å². The molecule has 1 aliphatic rings. The van der Waals surface area contributed by atoms with Crippen LogP contribution >= 0.6 is 0 Å². The monoisotopic (exact) mass is 788 g/mol. The van der Waals surface area contributed by atoms with Crippen molar-refractivity contribution in [1.29, 1.82) is 0 Å². The maximum atomic E-state index is 13.6. The molecule has 3 rings (SSSR count). The lowest BCUT2D eigenvalue weighted by Gasteiger charge is -2.44. The molecule has 304 valence electrons. The third-order valence-corrected chi connectivity index (χ3v) is 7.68. The zero-order chi connectivity index (χ0) is 41.4. The van der Waals surface area contributed by atoms with Gasteiger partial charge in [0.05, 0.1) is 37.7 Å². The summed E-state index contributed by atoms with van der Waals surface area (Å²) >= 11 is 0. The van der Waals surface area contributed by atoms with Gasteiger partial charge >= 0.3 is 30.0 Å². The summed E-state index contributed by atoms with van der Waals surface area (Å²) in [5, 5.41) is 34.2. The summed E-state index contributed by atoms with van der Waals surface area (Å²) in [5.74, 6) is -1.88. The Hall–Kier alpha value is -5.78. The first kappa shape index (κ1) is 44.6. The number of hydrogen-bond acceptors (Lipinski definition) is 17. The van der Waals surface area contributed by atoms with Crippen LogP contribution in [0.2, 0.25) is 0 Å². The Bertz CT molecular complexity index is 1750. The second-order valence-corrected chi connectivity index (χ2v) is 12.0. The highest BCUT2D eigenvalue weighted by molar-refractivity contribution is 5.97. The van der Waals surface area contributed by atoms with Crippen LogP contribution in [0.4, 0.5) is 10.5 Å². The Labute approximate surface area is 321 Å². The van der Waals surface area contributed by atoms with Crippen molar-refractivity contribution in [3.05, 3.63) is 58.1 Å². The maximum absolute atomic E-state index is 13.6. The molecule has 2 aromatic rings. The van der Waals surface area contributed by atoms with E-state index in [9.17, 15) is 44.1 Å². The number of terminal acetylenes is 1. The highest BCUT2D eigenvalue weighted by Crippen LogP contribution is 2.33. The molecule has 5 N–H and O–H groups in total. The predicted octanol–water partition coefficient (Wildman–Crippen LogP) is 0.754. The van der Waals surface area contributed by atoms with Crippen molar-refractivity contribution in [1.82, 2.24) is 5.32 Å². The van der Waals surface area contributed by atoms with Crippen LogP contribution in [0.3, 0.4) is 0 Å². The van der Waals surface area contributed by atoms with Crippen LogP contribution in [0, 0.1) is 12.3 Å². The second kappa shape index (κ2) is 21.9. The smallest absolute Gasteiger partial charge is 0.411 e. The number of carbonyl (C=O) groups is 6. The molecule has 0 saturated carbocycles. The first-order chi connectivity index (χ1) is 26.7. The van der Waals surface area contributed by atoms with Gasteiger partial charge in [0.2, 0.25) is 12.4 Å². The fourth-order valence-electron chi connectivity index (χ4n) is 5.45. The van der Waals surface area contributed by atoms with E-state index in [1.54, 1.807) is 0 Å². The topological polar surface area (TPSA) is 261 Å². The Morgan fingerprint density at radius 3 is 1.98 bits per heavy atom. The van der Waals surface area contributed by atoms with Crippen LogP contribution in [0.1, 0.15) is 60.3 Å². The second-order valence-electron chi connectivity index (χ2n) is 12.0. The SMILES string of the molecule is C#CCOCCNC(=O)c1cc(COC(=O)Nc2c(CO)cc(CO)cc2CO)ccc1OC1O[C@H](COC(C)=O)[C@H](OC(C)=O)[C@H](OC(C)=O)[C@H]1OC(C)=O.